The van der Waals surface area contributed by atoms with Crippen LogP contribution in [0.15, 0.2) is 41.0 Å². The zero-order valence-corrected chi connectivity index (χ0v) is 11.3. The van der Waals surface area contributed by atoms with Gasteiger partial charge in [-0.05, 0) is 37.6 Å². The molecule has 0 aliphatic carbocycles. The van der Waals surface area contributed by atoms with Gasteiger partial charge in [0.15, 0.2) is 5.76 Å². The van der Waals surface area contributed by atoms with E-state index in [2.05, 4.69) is 0 Å². The molecule has 0 aliphatic heterocycles. The third kappa shape index (κ3) is 2.88. The van der Waals surface area contributed by atoms with Crippen LogP contribution in [0.1, 0.15) is 21.7 Å². The van der Waals surface area contributed by atoms with Crippen LogP contribution in [0, 0.1) is 13.8 Å². The highest BCUT2D eigenvalue weighted by Crippen LogP contribution is 2.23. The Balaban J connectivity index is 2.42. The third-order valence-electron chi connectivity index (χ3n) is 2.91. The van der Waals surface area contributed by atoms with Gasteiger partial charge in [0.2, 0.25) is 0 Å². The molecule has 0 unspecified atom stereocenters. The SMILES string of the molecule is Cc1ccc(N(CC(=O)O)C(=O)c2ccco2)c(C)c1. The summed E-state index contributed by atoms with van der Waals surface area (Å²) in [5.41, 5.74) is 2.46. The van der Waals surface area contributed by atoms with E-state index in [4.69, 9.17) is 9.52 Å². The van der Waals surface area contributed by atoms with Gasteiger partial charge in [0.25, 0.3) is 5.91 Å². The van der Waals surface area contributed by atoms with E-state index < -0.39 is 18.4 Å². The van der Waals surface area contributed by atoms with Crippen LogP contribution in [0.3, 0.4) is 0 Å². The maximum absolute atomic E-state index is 12.3. The van der Waals surface area contributed by atoms with Crippen molar-refractivity contribution in [1.29, 1.82) is 0 Å². The predicted octanol–water partition coefficient (Wildman–Crippen LogP) is 2.63. The van der Waals surface area contributed by atoms with Crippen molar-refractivity contribution >= 4 is 17.6 Å². The number of anilines is 1. The number of aliphatic carboxylic acids is 1. The lowest BCUT2D eigenvalue weighted by molar-refractivity contribution is -0.135. The molecule has 0 aliphatic rings. The van der Waals surface area contributed by atoms with Gasteiger partial charge in [-0.3, -0.25) is 14.5 Å². The zero-order chi connectivity index (χ0) is 14.7. The van der Waals surface area contributed by atoms with Crippen LogP contribution < -0.4 is 4.90 Å². The molecule has 5 heteroatoms. The van der Waals surface area contributed by atoms with Crippen LogP contribution in [-0.2, 0) is 4.79 Å². The lowest BCUT2D eigenvalue weighted by atomic mass is 10.1. The number of hydrogen-bond acceptors (Lipinski definition) is 3. The number of rotatable bonds is 4. The summed E-state index contributed by atoms with van der Waals surface area (Å²) in [6.45, 7) is 3.36. The Kier molecular flexibility index (Phi) is 3.89. The van der Waals surface area contributed by atoms with Crippen LogP contribution in [0.2, 0.25) is 0 Å². The van der Waals surface area contributed by atoms with Gasteiger partial charge in [0, 0.05) is 5.69 Å². The van der Waals surface area contributed by atoms with E-state index in [0.29, 0.717) is 5.69 Å². The maximum Gasteiger partial charge on any atom is 0.323 e. The molecule has 1 aromatic heterocycles. The zero-order valence-electron chi connectivity index (χ0n) is 11.3. The first kappa shape index (κ1) is 13.9. The first-order chi connectivity index (χ1) is 9.49. The molecule has 0 saturated carbocycles. The molecule has 0 fully saturated rings. The van der Waals surface area contributed by atoms with Gasteiger partial charge in [-0.15, -0.1) is 0 Å². The summed E-state index contributed by atoms with van der Waals surface area (Å²) in [6, 6.07) is 8.59. The van der Waals surface area contributed by atoms with E-state index in [1.54, 1.807) is 12.1 Å². The van der Waals surface area contributed by atoms with E-state index in [1.807, 2.05) is 26.0 Å². The molecule has 104 valence electrons. The number of carboxylic acid groups (broad SMARTS) is 1. The lowest BCUT2D eigenvalue weighted by Gasteiger charge is -2.22. The highest BCUT2D eigenvalue weighted by molar-refractivity contribution is 6.06. The molecule has 1 N–H and O–H groups in total. The number of furan rings is 1. The van der Waals surface area contributed by atoms with Gasteiger partial charge >= 0.3 is 5.97 Å². The smallest absolute Gasteiger partial charge is 0.323 e. The van der Waals surface area contributed by atoms with Crippen molar-refractivity contribution in [3.8, 4) is 0 Å². The summed E-state index contributed by atoms with van der Waals surface area (Å²) < 4.78 is 5.06. The fourth-order valence-corrected chi connectivity index (χ4v) is 2.04. The van der Waals surface area contributed by atoms with E-state index >= 15 is 0 Å². The summed E-state index contributed by atoms with van der Waals surface area (Å²) >= 11 is 0. The number of hydrogen-bond donors (Lipinski definition) is 1. The maximum atomic E-state index is 12.3. The fraction of sp³-hybridized carbons (Fsp3) is 0.200. The van der Waals surface area contributed by atoms with Crippen LogP contribution in [0.25, 0.3) is 0 Å². The predicted molar refractivity (Wildman–Crippen MR) is 73.9 cm³/mol. The fourth-order valence-electron chi connectivity index (χ4n) is 2.04. The number of nitrogens with zero attached hydrogens (tertiary/aromatic N) is 1. The van der Waals surface area contributed by atoms with E-state index in [9.17, 15) is 9.59 Å². The first-order valence-corrected chi connectivity index (χ1v) is 6.13. The van der Waals surface area contributed by atoms with Crippen LogP contribution in [0.4, 0.5) is 5.69 Å². The Morgan fingerprint density at radius 3 is 2.55 bits per heavy atom. The molecule has 5 nitrogen and oxygen atoms in total. The van der Waals surface area contributed by atoms with Gasteiger partial charge in [0.1, 0.15) is 6.54 Å². The molecule has 2 rings (SSSR count). The molecule has 0 saturated heterocycles. The monoisotopic (exact) mass is 273 g/mol. The molecule has 20 heavy (non-hydrogen) atoms. The highest BCUT2D eigenvalue weighted by atomic mass is 16.4. The first-order valence-electron chi connectivity index (χ1n) is 6.13. The molecule has 0 bridgehead atoms. The summed E-state index contributed by atoms with van der Waals surface area (Å²) in [4.78, 5) is 24.6. The minimum absolute atomic E-state index is 0.117. The second-order valence-electron chi connectivity index (χ2n) is 4.55. The van der Waals surface area contributed by atoms with Crippen molar-refractivity contribution in [1.82, 2.24) is 0 Å². The third-order valence-corrected chi connectivity index (χ3v) is 2.91. The van der Waals surface area contributed by atoms with Crippen LogP contribution in [0.5, 0.6) is 0 Å². The van der Waals surface area contributed by atoms with Crippen molar-refractivity contribution in [3.05, 3.63) is 53.5 Å². The Bertz CT molecular complexity index is 631. The molecular weight excluding hydrogens is 258 g/mol. The standard InChI is InChI=1S/C15H15NO4/c1-10-5-6-12(11(2)8-10)16(9-14(17)18)15(19)13-4-3-7-20-13/h3-8H,9H2,1-2H3,(H,17,18). The van der Waals surface area contributed by atoms with Crippen LogP contribution in [-0.4, -0.2) is 23.5 Å². The largest absolute Gasteiger partial charge is 0.480 e. The normalized spacial score (nSPS) is 10.3. The molecule has 1 heterocycles. The molecule has 2 aromatic rings. The number of aryl methyl sites for hydroxylation is 2. The van der Waals surface area contributed by atoms with E-state index in [-0.39, 0.29) is 5.76 Å². The number of amides is 1. The topological polar surface area (TPSA) is 70.8 Å². The Morgan fingerprint density at radius 2 is 2.00 bits per heavy atom. The Morgan fingerprint density at radius 1 is 1.25 bits per heavy atom. The van der Waals surface area contributed by atoms with Crippen molar-refractivity contribution in [2.75, 3.05) is 11.4 Å². The quantitative estimate of drug-likeness (QED) is 0.929. The van der Waals surface area contributed by atoms with Gasteiger partial charge in [0.05, 0.1) is 6.26 Å². The number of benzene rings is 1. The Labute approximate surface area is 116 Å². The van der Waals surface area contributed by atoms with Crippen molar-refractivity contribution < 1.29 is 19.1 Å². The highest BCUT2D eigenvalue weighted by Gasteiger charge is 2.23. The molecule has 0 atom stereocenters. The summed E-state index contributed by atoms with van der Waals surface area (Å²) in [5.74, 6) is -1.43. The van der Waals surface area contributed by atoms with Gasteiger partial charge < -0.3 is 9.52 Å². The average Bonchev–Trinajstić information content (AvgIpc) is 2.89. The average molecular weight is 273 g/mol. The summed E-state index contributed by atoms with van der Waals surface area (Å²) in [7, 11) is 0. The second-order valence-corrected chi connectivity index (χ2v) is 4.55. The summed E-state index contributed by atoms with van der Waals surface area (Å²) in [6.07, 6.45) is 1.38. The van der Waals surface area contributed by atoms with Gasteiger partial charge in [-0.2, -0.15) is 0 Å². The van der Waals surface area contributed by atoms with Gasteiger partial charge in [-0.1, -0.05) is 17.7 Å². The second kappa shape index (κ2) is 5.61. The van der Waals surface area contributed by atoms with E-state index in [0.717, 1.165) is 11.1 Å². The molecular formula is C15H15NO4. The number of carboxylic acids is 1. The van der Waals surface area contributed by atoms with Gasteiger partial charge in [-0.25, -0.2) is 0 Å². The molecule has 1 aromatic carbocycles. The molecule has 0 radical (unpaired) electrons. The lowest BCUT2D eigenvalue weighted by Crippen LogP contribution is -2.36. The van der Waals surface area contributed by atoms with E-state index in [1.165, 1.54) is 17.2 Å². The number of carbonyl (C=O) groups excluding carboxylic acids is 1. The minimum Gasteiger partial charge on any atom is -0.480 e. The van der Waals surface area contributed by atoms with Crippen molar-refractivity contribution in [2.45, 2.75) is 13.8 Å². The molecule has 0 spiro atoms. The summed E-state index contributed by atoms with van der Waals surface area (Å²) in [5, 5.41) is 9.01. The minimum atomic E-state index is -1.08. The molecule has 1 amide bonds. The van der Waals surface area contributed by atoms with Crippen LogP contribution >= 0.6 is 0 Å². The van der Waals surface area contributed by atoms with Crippen molar-refractivity contribution in [3.63, 3.8) is 0 Å². The Hall–Kier alpha value is -2.56. The van der Waals surface area contributed by atoms with Crippen molar-refractivity contribution in [2.24, 2.45) is 0 Å². The number of carbonyl (C=O) groups is 2.